The molecule has 7 heteroatoms. The number of hydrogen-bond acceptors (Lipinski definition) is 6. The molecule has 1 aromatic heterocycles. The summed E-state index contributed by atoms with van der Waals surface area (Å²) in [7, 11) is 0. The van der Waals surface area contributed by atoms with Crippen molar-refractivity contribution in [1.29, 1.82) is 0 Å². The Balaban J connectivity index is 1.33. The molecule has 0 bridgehead atoms. The van der Waals surface area contributed by atoms with E-state index in [1.165, 1.54) is 18.4 Å². The third-order valence-electron chi connectivity index (χ3n) is 5.45. The highest BCUT2D eigenvalue weighted by atomic mass is 16.5. The number of aryl methyl sites for hydroxylation is 1. The van der Waals surface area contributed by atoms with Crippen molar-refractivity contribution < 1.29 is 14.1 Å². The van der Waals surface area contributed by atoms with Crippen molar-refractivity contribution in [2.45, 2.75) is 51.1 Å². The zero-order valence-corrected chi connectivity index (χ0v) is 14.8. The molecule has 7 nitrogen and oxygen atoms in total. The van der Waals surface area contributed by atoms with Gasteiger partial charge in [0.25, 0.3) is 0 Å². The van der Waals surface area contributed by atoms with Crippen LogP contribution in [-0.2, 0) is 9.53 Å². The largest absolute Gasteiger partial charge is 0.378 e. The van der Waals surface area contributed by atoms with E-state index in [1.54, 1.807) is 0 Å². The predicted molar refractivity (Wildman–Crippen MR) is 90.8 cm³/mol. The van der Waals surface area contributed by atoms with Crippen LogP contribution < -0.4 is 0 Å². The molecule has 1 amide bonds. The van der Waals surface area contributed by atoms with Gasteiger partial charge in [0.2, 0.25) is 11.8 Å². The number of amides is 1. The monoisotopic (exact) mass is 346 g/mol. The Bertz CT molecular complexity index is 651. The molecule has 1 aromatic rings. The number of likely N-dealkylation sites (tertiary alicyclic amines) is 1. The van der Waals surface area contributed by atoms with Gasteiger partial charge in [-0.2, -0.15) is 4.98 Å². The van der Waals surface area contributed by atoms with Crippen molar-refractivity contribution in [3.63, 3.8) is 0 Å². The fourth-order valence-corrected chi connectivity index (χ4v) is 3.96. The van der Waals surface area contributed by atoms with Gasteiger partial charge in [-0.3, -0.25) is 9.69 Å². The van der Waals surface area contributed by atoms with E-state index in [0.29, 0.717) is 37.4 Å². The van der Waals surface area contributed by atoms with Crippen molar-refractivity contribution in [1.82, 2.24) is 19.9 Å². The number of ether oxygens (including phenoxy) is 1. The van der Waals surface area contributed by atoms with E-state index in [4.69, 9.17) is 9.26 Å². The van der Waals surface area contributed by atoms with Crippen LogP contribution in [0.4, 0.5) is 0 Å². The van der Waals surface area contributed by atoms with E-state index in [1.807, 2.05) is 11.8 Å². The summed E-state index contributed by atoms with van der Waals surface area (Å²) < 4.78 is 11.0. The number of carbonyl (C=O) groups excluding carboxylic acids is 1. The molecular weight excluding hydrogens is 320 g/mol. The smallest absolute Gasteiger partial charge is 0.246 e. The molecule has 1 unspecified atom stereocenters. The third-order valence-corrected chi connectivity index (χ3v) is 5.45. The van der Waals surface area contributed by atoms with Gasteiger partial charge in [-0.25, -0.2) is 0 Å². The maximum Gasteiger partial charge on any atom is 0.246 e. The topological polar surface area (TPSA) is 71.7 Å². The first kappa shape index (κ1) is 16.7. The maximum absolute atomic E-state index is 12.5. The van der Waals surface area contributed by atoms with Gasteiger partial charge in [-0.15, -0.1) is 0 Å². The summed E-state index contributed by atoms with van der Waals surface area (Å²) in [5.74, 6) is 1.53. The lowest BCUT2D eigenvalue weighted by atomic mass is 9.95. The standard InChI is InChI=1S/C18H26N4O3/c1-13-19-18(25-20-13)16-12-24-8-7-22(16)15-10-21(11-15)17(23)9-14-5-3-2-4-6-14/h5,15-16H,2-4,6-12H2,1H3. The van der Waals surface area contributed by atoms with Gasteiger partial charge in [-0.05, 0) is 32.6 Å². The molecule has 3 aliphatic rings. The van der Waals surface area contributed by atoms with E-state index in [9.17, 15) is 4.79 Å². The Kier molecular flexibility index (Phi) is 4.85. The lowest BCUT2D eigenvalue weighted by molar-refractivity contribution is -0.142. The van der Waals surface area contributed by atoms with Crippen LogP contribution in [0.1, 0.15) is 49.9 Å². The van der Waals surface area contributed by atoms with Crippen LogP contribution >= 0.6 is 0 Å². The number of hydrogen-bond donors (Lipinski definition) is 0. The first-order chi connectivity index (χ1) is 12.2. The van der Waals surface area contributed by atoms with Crippen LogP contribution in [0, 0.1) is 6.92 Å². The summed E-state index contributed by atoms with van der Waals surface area (Å²) in [6.45, 7) is 5.51. The van der Waals surface area contributed by atoms with Crippen molar-refractivity contribution >= 4 is 5.91 Å². The highest BCUT2D eigenvalue weighted by molar-refractivity contribution is 5.79. The normalized spacial score (nSPS) is 25.6. The van der Waals surface area contributed by atoms with Gasteiger partial charge in [0.15, 0.2) is 5.82 Å². The average Bonchev–Trinajstić information content (AvgIpc) is 3.01. The minimum atomic E-state index is -0.00162. The molecule has 2 aliphatic heterocycles. The second-order valence-electron chi connectivity index (χ2n) is 7.25. The predicted octanol–water partition coefficient (Wildman–Crippen LogP) is 1.85. The molecular formula is C18H26N4O3. The summed E-state index contributed by atoms with van der Waals surface area (Å²) in [6.07, 6.45) is 7.56. The number of allylic oxidation sites excluding steroid dienone is 1. The van der Waals surface area contributed by atoms with Crippen LogP contribution in [0.3, 0.4) is 0 Å². The third kappa shape index (κ3) is 3.62. The lowest BCUT2D eigenvalue weighted by Gasteiger charge is -2.48. The molecule has 25 heavy (non-hydrogen) atoms. The summed E-state index contributed by atoms with van der Waals surface area (Å²) in [5.41, 5.74) is 1.32. The van der Waals surface area contributed by atoms with Gasteiger partial charge in [-0.1, -0.05) is 16.8 Å². The number of nitrogens with zero attached hydrogens (tertiary/aromatic N) is 4. The number of aromatic nitrogens is 2. The first-order valence-electron chi connectivity index (χ1n) is 9.30. The SMILES string of the molecule is Cc1noc(C2COCCN2C2CN(C(=O)CC3=CCCCC3)C2)n1. The van der Waals surface area contributed by atoms with Crippen LogP contribution in [0.2, 0.25) is 0 Å². The molecule has 0 saturated carbocycles. The number of carbonyl (C=O) groups is 1. The van der Waals surface area contributed by atoms with Crippen molar-refractivity contribution in [3.05, 3.63) is 23.4 Å². The van der Waals surface area contributed by atoms with Crippen LogP contribution in [0.25, 0.3) is 0 Å². The highest BCUT2D eigenvalue weighted by Crippen LogP contribution is 2.30. The Morgan fingerprint density at radius 2 is 2.24 bits per heavy atom. The summed E-state index contributed by atoms with van der Waals surface area (Å²) in [5, 5.41) is 3.90. The molecule has 136 valence electrons. The Morgan fingerprint density at radius 1 is 1.36 bits per heavy atom. The molecule has 1 aliphatic carbocycles. The van der Waals surface area contributed by atoms with Crippen molar-refractivity contribution in [3.8, 4) is 0 Å². The van der Waals surface area contributed by atoms with Gasteiger partial charge < -0.3 is 14.2 Å². The van der Waals surface area contributed by atoms with Crippen LogP contribution in [-0.4, -0.2) is 64.7 Å². The number of morpholine rings is 1. The molecule has 1 atom stereocenters. The minimum Gasteiger partial charge on any atom is -0.378 e. The molecule has 0 N–H and O–H groups in total. The molecule has 3 heterocycles. The quantitative estimate of drug-likeness (QED) is 0.775. The fourth-order valence-electron chi connectivity index (χ4n) is 3.96. The zero-order chi connectivity index (χ0) is 17.2. The van der Waals surface area contributed by atoms with E-state index in [0.717, 1.165) is 32.5 Å². The van der Waals surface area contributed by atoms with Crippen molar-refractivity contribution in [2.24, 2.45) is 0 Å². The fraction of sp³-hybridized carbons (Fsp3) is 0.722. The molecule has 0 spiro atoms. The van der Waals surface area contributed by atoms with Gasteiger partial charge in [0, 0.05) is 32.1 Å². The Labute approximate surface area is 148 Å². The molecule has 4 rings (SSSR count). The highest BCUT2D eigenvalue weighted by Gasteiger charge is 2.41. The minimum absolute atomic E-state index is 0.00162. The lowest BCUT2D eigenvalue weighted by Crippen LogP contribution is -2.63. The second-order valence-corrected chi connectivity index (χ2v) is 7.25. The Hall–Kier alpha value is -1.73. The summed E-state index contributed by atoms with van der Waals surface area (Å²) in [6, 6.07) is 0.351. The molecule has 2 saturated heterocycles. The van der Waals surface area contributed by atoms with Gasteiger partial charge in [0.1, 0.15) is 6.04 Å². The zero-order valence-electron chi connectivity index (χ0n) is 14.8. The molecule has 2 fully saturated rings. The first-order valence-corrected chi connectivity index (χ1v) is 9.30. The summed E-state index contributed by atoms with van der Waals surface area (Å²) in [4.78, 5) is 21.2. The summed E-state index contributed by atoms with van der Waals surface area (Å²) >= 11 is 0. The van der Waals surface area contributed by atoms with Crippen molar-refractivity contribution in [2.75, 3.05) is 32.8 Å². The second kappa shape index (κ2) is 7.25. The van der Waals surface area contributed by atoms with Gasteiger partial charge in [0.05, 0.1) is 13.2 Å². The maximum atomic E-state index is 12.5. The van der Waals surface area contributed by atoms with Crippen LogP contribution in [0.5, 0.6) is 0 Å². The Morgan fingerprint density at radius 3 is 2.96 bits per heavy atom. The van der Waals surface area contributed by atoms with Crippen LogP contribution in [0.15, 0.2) is 16.2 Å². The van der Waals surface area contributed by atoms with E-state index < -0.39 is 0 Å². The number of rotatable bonds is 4. The molecule has 0 aromatic carbocycles. The van der Waals surface area contributed by atoms with E-state index in [2.05, 4.69) is 21.1 Å². The van der Waals surface area contributed by atoms with Gasteiger partial charge >= 0.3 is 0 Å². The molecule has 0 radical (unpaired) electrons. The average molecular weight is 346 g/mol. The van der Waals surface area contributed by atoms with E-state index in [-0.39, 0.29) is 11.9 Å². The van der Waals surface area contributed by atoms with E-state index >= 15 is 0 Å².